The minimum atomic E-state index is -0.252. The summed E-state index contributed by atoms with van der Waals surface area (Å²) in [5, 5.41) is 5.53. The summed E-state index contributed by atoms with van der Waals surface area (Å²) in [5.41, 5.74) is 1.70. The molecule has 34 heavy (non-hydrogen) atoms. The van der Waals surface area contributed by atoms with E-state index in [1.54, 1.807) is 34.4 Å². The van der Waals surface area contributed by atoms with Crippen molar-refractivity contribution >= 4 is 40.6 Å². The van der Waals surface area contributed by atoms with Crippen LogP contribution in [0.1, 0.15) is 42.5 Å². The second-order valence-electron chi connectivity index (χ2n) is 8.67. The van der Waals surface area contributed by atoms with Crippen LogP contribution in [-0.4, -0.2) is 34.3 Å². The predicted molar refractivity (Wildman–Crippen MR) is 139 cm³/mol. The third-order valence-electron chi connectivity index (χ3n) is 6.15. The molecule has 1 aromatic heterocycles. The van der Waals surface area contributed by atoms with Crippen molar-refractivity contribution in [1.29, 1.82) is 0 Å². The average Bonchev–Trinajstić information content (AvgIpc) is 3.36. The van der Waals surface area contributed by atoms with Crippen molar-refractivity contribution in [3.63, 3.8) is 0 Å². The smallest absolute Gasteiger partial charge is 0.322 e. The van der Waals surface area contributed by atoms with Gasteiger partial charge in [-0.2, -0.15) is 0 Å². The zero-order chi connectivity index (χ0) is 23.8. The molecule has 0 aliphatic heterocycles. The summed E-state index contributed by atoms with van der Waals surface area (Å²) in [6, 6.07) is 20.9. The van der Waals surface area contributed by atoms with Crippen molar-refractivity contribution in [3.8, 4) is 0 Å². The number of hydrogen-bond acceptors (Lipinski definition) is 3. The zero-order valence-corrected chi connectivity index (χ0v) is 20.7. The van der Waals surface area contributed by atoms with Crippen LogP contribution in [-0.2, 0) is 17.9 Å². The normalized spacial score (nSPS) is 13.9. The summed E-state index contributed by atoms with van der Waals surface area (Å²) in [6.45, 7) is 1.08. The number of amides is 3. The first-order valence-corrected chi connectivity index (χ1v) is 13.0. The molecule has 0 radical (unpaired) electrons. The van der Waals surface area contributed by atoms with Crippen LogP contribution in [0.4, 0.5) is 10.5 Å². The lowest BCUT2D eigenvalue weighted by Gasteiger charge is -2.35. The van der Waals surface area contributed by atoms with Crippen LogP contribution in [0.2, 0.25) is 5.02 Å². The van der Waals surface area contributed by atoms with E-state index in [0.717, 1.165) is 36.1 Å². The maximum Gasteiger partial charge on any atom is 0.322 e. The van der Waals surface area contributed by atoms with E-state index in [1.807, 2.05) is 58.8 Å². The number of nitrogens with one attached hydrogen (secondary N) is 1. The third kappa shape index (κ3) is 6.84. The lowest BCUT2D eigenvalue weighted by molar-refractivity contribution is -0.133. The maximum absolute atomic E-state index is 13.6. The van der Waals surface area contributed by atoms with E-state index in [2.05, 4.69) is 5.32 Å². The number of carbonyl (C=O) groups excluding carboxylic acids is 2. The number of urea groups is 1. The molecule has 4 rings (SSSR count). The van der Waals surface area contributed by atoms with Gasteiger partial charge in [0.25, 0.3) is 0 Å². The van der Waals surface area contributed by atoms with E-state index in [0.29, 0.717) is 23.8 Å². The molecule has 1 saturated carbocycles. The van der Waals surface area contributed by atoms with Crippen LogP contribution in [0.3, 0.4) is 0 Å². The van der Waals surface area contributed by atoms with Gasteiger partial charge in [0.05, 0.1) is 6.54 Å². The quantitative estimate of drug-likeness (QED) is 0.373. The minimum Gasteiger partial charge on any atom is -0.332 e. The Morgan fingerprint density at radius 1 is 0.941 bits per heavy atom. The van der Waals surface area contributed by atoms with Gasteiger partial charge in [0.2, 0.25) is 5.91 Å². The molecule has 1 aliphatic carbocycles. The molecule has 1 heterocycles. The number of benzene rings is 2. The molecule has 3 aromatic rings. The fourth-order valence-electron chi connectivity index (χ4n) is 4.39. The first-order valence-electron chi connectivity index (χ1n) is 11.8. The number of thiophene rings is 1. The number of carbonyl (C=O) groups is 2. The first-order chi connectivity index (χ1) is 16.6. The van der Waals surface area contributed by atoms with Crippen LogP contribution >= 0.6 is 22.9 Å². The van der Waals surface area contributed by atoms with Gasteiger partial charge in [-0.05, 0) is 48.1 Å². The monoisotopic (exact) mass is 495 g/mol. The summed E-state index contributed by atoms with van der Waals surface area (Å²) in [7, 11) is 0. The van der Waals surface area contributed by atoms with Crippen LogP contribution in [0.25, 0.3) is 0 Å². The standard InChI is InChI=1S/C27H30ClN3O2S/c28-22-11-7-12-23(17-22)29-27(33)31(24-13-5-2-6-14-24)20-26(32)30(19-25-15-8-16-34-25)18-21-9-3-1-4-10-21/h1,3-4,7-12,15-17,24H,2,5-6,13-14,18-20H2,(H,29,33). The van der Waals surface area contributed by atoms with Crippen molar-refractivity contribution in [2.24, 2.45) is 0 Å². The van der Waals surface area contributed by atoms with Gasteiger partial charge in [-0.15, -0.1) is 11.3 Å². The van der Waals surface area contributed by atoms with E-state index in [9.17, 15) is 9.59 Å². The number of rotatable bonds is 8. The molecule has 7 heteroatoms. The van der Waals surface area contributed by atoms with Crippen molar-refractivity contribution in [3.05, 3.63) is 87.6 Å². The average molecular weight is 496 g/mol. The van der Waals surface area contributed by atoms with Gasteiger partial charge in [-0.25, -0.2) is 4.79 Å². The fourth-order valence-corrected chi connectivity index (χ4v) is 5.30. The van der Waals surface area contributed by atoms with Crippen molar-refractivity contribution in [2.45, 2.75) is 51.2 Å². The highest BCUT2D eigenvalue weighted by atomic mass is 35.5. The summed E-state index contributed by atoms with van der Waals surface area (Å²) in [5.74, 6) is -0.0518. The van der Waals surface area contributed by atoms with Gasteiger partial charge in [-0.3, -0.25) is 4.79 Å². The second-order valence-corrected chi connectivity index (χ2v) is 10.1. The maximum atomic E-state index is 13.6. The highest BCUT2D eigenvalue weighted by Crippen LogP contribution is 2.25. The summed E-state index contributed by atoms with van der Waals surface area (Å²) in [6.07, 6.45) is 5.15. The van der Waals surface area contributed by atoms with Crippen molar-refractivity contribution in [1.82, 2.24) is 9.80 Å². The van der Waals surface area contributed by atoms with Crippen LogP contribution in [0.15, 0.2) is 72.1 Å². The SMILES string of the molecule is O=C(CN(C(=O)Nc1cccc(Cl)c1)C1CCCCC1)N(Cc1ccccc1)Cc1cccs1. The van der Waals surface area contributed by atoms with Crippen molar-refractivity contribution < 1.29 is 9.59 Å². The largest absolute Gasteiger partial charge is 0.332 e. The van der Waals surface area contributed by atoms with Crippen LogP contribution in [0, 0.1) is 0 Å². The molecular weight excluding hydrogens is 466 g/mol. The van der Waals surface area contributed by atoms with Gasteiger partial charge in [-0.1, -0.05) is 73.3 Å². The molecular formula is C27H30ClN3O2S. The Bertz CT molecular complexity index is 1070. The fraction of sp³-hybridized carbons (Fsp3) is 0.333. The Balaban J connectivity index is 1.52. The van der Waals surface area contributed by atoms with E-state index < -0.39 is 0 Å². The molecule has 1 N–H and O–H groups in total. The van der Waals surface area contributed by atoms with Gasteiger partial charge in [0, 0.05) is 28.2 Å². The predicted octanol–water partition coefficient (Wildman–Crippen LogP) is 6.80. The number of anilines is 1. The Morgan fingerprint density at radius 3 is 2.44 bits per heavy atom. The Labute approximate surface area is 210 Å². The van der Waals surface area contributed by atoms with Crippen molar-refractivity contribution in [2.75, 3.05) is 11.9 Å². The molecule has 0 saturated heterocycles. The number of hydrogen-bond donors (Lipinski definition) is 1. The second kappa shape index (κ2) is 12.0. The topological polar surface area (TPSA) is 52.7 Å². The van der Waals surface area contributed by atoms with E-state index in [1.165, 1.54) is 6.42 Å². The van der Waals surface area contributed by atoms with E-state index in [-0.39, 0.29) is 24.5 Å². The summed E-state index contributed by atoms with van der Waals surface area (Å²) in [4.78, 5) is 31.7. The van der Waals surface area contributed by atoms with Crippen LogP contribution in [0.5, 0.6) is 0 Å². The molecule has 1 aliphatic rings. The minimum absolute atomic E-state index is 0.0509. The highest BCUT2D eigenvalue weighted by molar-refractivity contribution is 7.09. The van der Waals surface area contributed by atoms with E-state index in [4.69, 9.17) is 11.6 Å². The molecule has 0 spiro atoms. The molecule has 0 bridgehead atoms. The lowest BCUT2D eigenvalue weighted by atomic mass is 9.94. The third-order valence-corrected chi connectivity index (χ3v) is 7.25. The molecule has 3 amide bonds. The zero-order valence-electron chi connectivity index (χ0n) is 19.2. The molecule has 178 valence electrons. The number of nitrogens with zero attached hydrogens (tertiary/aromatic N) is 2. The van der Waals surface area contributed by atoms with Gasteiger partial charge >= 0.3 is 6.03 Å². The first kappa shape index (κ1) is 24.3. The summed E-state index contributed by atoms with van der Waals surface area (Å²) < 4.78 is 0. The highest BCUT2D eigenvalue weighted by Gasteiger charge is 2.29. The number of halogens is 1. The van der Waals surface area contributed by atoms with Gasteiger partial charge in [0.1, 0.15) is 6.54 Å². The van der Waals surface area contributed by atoms with Crippen LogP contribution < -0.4 is 5.32 Å². The lowest BCUT2D eigenvalue weighted by Crippen LogP contribution is -2.49. The molecule has 2 aromatic carbocycles. The Hall–Kier alpha value is -2.83. The van der Waals surface area contributed by atoms with E-state index >= 15 is 0 Å². The van der Waals surface area contributed by atoms with Gasteiger partial charge < -0.3 is 15.1 Å². The summed E-state index contributed by atoms with van der Waals surface area (Å²) >= 11 is 7.74. The van der Waals surface area contributed by atoms with Gasteiger partial charge in [0.15, 0.2) is 0 Å². The molecule has 1 fully saturated rings. The molecule has 5 nitrogen and oxygen atoms in total. The molecule has 0 atom stereocenters. The Morgan fingerprint density at radius 2 is 1.74 bits per heavy atom. The molecule has 0 unspecified atom stereocenters. The Kier molecular flexibility index (Phi) is 8.61.